The van der Waals surface area contributed by atoms with Crippen molar-refractivity contribution in [3.05, 3.63) is 52.0 Å². The predicted octanol–water partition coefficient (Wildman–Crippen LogP) is 4.57. The minimum atomic E-state index is 0.366. The molecule has 0 aliphatic heterocycles. The first-order valence-electron chi connectivity index (χ1n) is 7.75. The number of hydrogen-bond acceptors (Lipinski definition) is 4. The molecular weight excluding hydrogens is 349 g/mol. The molecule has 130 valence electrons. The summed E-state index contributed by atoms with van der Waals surface area (Å²) in [7, 11) is 1.91. The van der Waals surface area contributed by atoms with Crippen LogP contribution in [0.15, 0.2) is 36.4 Å². The number of benzene rings is 2. The lowest BCUT2D eigenvalue weighted by molar-refractivity contribution is 0.208. The van der Waals surface area contributed by atoms with Crippen LogP contribution in [-0.4, -0.2) is 26.9 Å². The van der Waals surface area contributed by atoms with E-state index in [9.17, 15) is 0 Å². The van der Waals surface area contributed by atoms with Crippen molar-refractivity contribution in [2.75, 3.05) is 26.9 Å². The molecule has 0 aliphatic rings. The molecule has 0 atom stereocenters. The summed E-state index contributed by atoms with van der Waals surface area (Å²) >= 11 is 11.9. The van der Waals surface area contributed by atoms with E-state index in [0.717, 1.165) is 17.9 Å². The molecule has 0 saturated heterocycles. The Morgan fingerprint density at radius 3 is 2.25 bits per heavy atom. The van der Waals surface area contributed by atoms with E-state index in [0.29, 0.717) is 41.4 Å². The molecule has 0 aromatic heterocycles. The van der Waals surface area contributed by atoms with Crippen LogP contribution in [0, 0.1) is 0 Å². The van der Waals surface area contributed by atoms with Gasteiger partial charge in [0.25, 0.3) is 0 Å². The number of rotatable bonds is 9. The second-order valence-electron chi connectivity index (χ2n) is 5.02. The SMILES string of the molecule is CCOc1cc(CNC)ccc1OCCOc1ccc(Cl)cc1Cl. The number of nitrogens with one attached hydrogen (secondary N) is 1. The Hall–Kier alpha value is -1.62. The van der Waals surface area contributed by atoms with Crippen molar-refractivity contribution in [2.24, 2.45) is 0 Å². The molecule has 0 bridgehead atoms. The predicted molar refractivity (Wildman–Crippen MR) is 97.8 cm³/mol. The third kappa shape index (κ3) is 5.48. The Labute approximate surface area is 152 Å². The zero-order chi connectivity index (χ0) is 17.4. The van der Waals surface area contributed by atoms with Gasteiger partial charge in [0.2, 0.25) is 0 Å². The van der Waals surface area contributed by atoms with Gasteiger partial charge in [-0.05, 0) is 49.9 Å². The molecule has 2 aromatic rings. The molecule has 0 heterocycles. The van der Waals surface area contributed by atoms with Crippen LogP contribution >= 0.6 is 23.2 Å². The molecule has 24 heavy (non-hydrogen) atoms. The lowest BCUT2D eigenvalue weighted by Crippen LogP contribution is -2.11. The third-order valence-corrected chi connectivity index (χ3v) is 3.71. The van der Waals surface area contributed by atoms with Crippen molar-refractivity contribution in [3.63, 3.8) is 0 Å². The topological polar surface area (TPSA) is 39.7 Å². The van der Waals surface area contributed by atoms with Gasteiger partial charge < -0.3 is 19.5 Å². The smallest absolute Gasteiger partial charge is 0.161 e. The molecule has 0 amide bonds. The molecule has 0 aliphatic carbocycles. The largest absolute Gasteiger partial charge is 0.490 e. The molecule has 0 fully saturated rings. The Kier molecular flexibility index (Phi) is 7.50. The summed E-state index contributed by atoms with van der Waals surface area (Å²) in [5, 5.41) is 4.17. The summed E-state index contributed by atoms with van der Waals surface area (Å²) in [6, 6.07) is 11.0. The first kappa shape index (κ1) is 18.7. The van der Waals surface area contributed by atoms with Crippen molar-refractivity contribution in [1.29, 1.82) is 0 Å². The molecule has 0 saturated carbocycles. The summed E-state index contributed by atoms with van der Waals surface area (Å²) in [6.07, 6.45) is 0. The molecule has 0 unspecified atom stereocenters. The minimum absolute atomic E-state index is 0.366. The fourth-order valence-corrected chi connectivity index (χ4v) is 2.61. The van der Waals surface area contributed by atoms with Crippen LogP contribution in [0.1, 0.15) is 12.5 Å². The van der Waals surface area contributed by atoms with E-state index in [1.807, 2.05) is 32.2 Å². The van der Waals surface area contributed by atoms with E-state index < -0.39 is 0 Å². The standard InChI is InChI=1S/C18H21Cl2NO3/c1-3-22-18-10-13(12-21-2)4-6-17(18)24-9-8-23-16-7-5-14(19)11-15(16)20/h4-7,10-11,21H,3,8-9,12H2,1-2H3. The maximum Gasteiger partial charge on any atom is 0.161 e. The van der Waals surface area contributed by atoms with Gasteiger partial charge in [-0.1, -0.05) is 29.3 Å². The van der Waals surface area contributed by atoms with Crippen molar-refractivity contribution in [2.45, 2.75) is 13.5 Å². The molecule has 6 heteroatoms. The fourth-order valence-electron chi connectivity index (χ4n) is 2.15. The molecule has 4 nitrogen and oxygen atoms in total. The van der Waals surface area contributed by atoms with Gasteiger partial charge in [-0.3, -0.25) is 0 Å². The van der Waals surface area contributed by atoms with Crippen molar-refractivity contribution < 1.29 is 14.2 Å². The second-order valence-corrected chi connectivity index (χ2v) is 5.86. The van der Waals surface area contributed by atoms with Gasteiger partial charge in [0, 0.05) is 11.6 Å². The average molecular weight is 370 g/mol. The van der Waals surface area contributed by atoms with E-state index in [2.05, 4.69) is 5.32 Å². The highest BCUT2D eigenvalue weighted by Gasteiger charge is 2.07. The first-order chi connectivity index (χ1) is 11.6. The minimum Gasteiger partial charge on any atom is -0.490 e. The number of ether oxygens (including phenoxy) is 3. The zero-order valence-electron chi connectivity index (χ0n) is 13.8. The normalized spacial score (nSPS) is 10.5. The second kappa shape index (κ2) is 9.62. The Morgan fingerprint density at radius 1 is 0.875 bits per heavy atom. The van der Waals surface area contributed by atoms with Crippen LogP contribution in [0.25, 0.3) is 0 Å². The molecule has 2 aromatic carbocycles. The molecule has 0 spiro atoms. The third-order valence-electron chi connectivity index (χ3n) is 3.18. The van der Waals surface area contributed by atoms with Crippen LogP contribution in [0.3, 0.4) is 0 Å². The highest BCUT2D eigenvalue weighted by atomic mass is 35.5. The van der Waals surface area contributed by atoms with Crippen LogP contribution in [-0.2, 0) is 6.54 Å². The summed E-state index contributed by atoms with van der Waals surface area (Å²) in [5.74, 6) is 2.01. The van der Waals surface area contributed by atoms with Crippen LogP contribution < -0.4 is 19.5 Å². The fraction of sp³-hybridized carbons (Fsp3) is 0.333. The molecular formula is C18H21Cl2NO3. The van der Waals surface area contributed by atoms with Gasteiger partial charge in [-0.15, -0.1) is 0 Å². The van der Waals surface area contributed by atoms with Gasteiger partial charge in [-0.25, -0.2) is 0 Å². The highest BCUT2D eigenvalue weighted by Crippen LogP contribution is 2.29. The maximum atomic E-state index is 6.06. The van der Waals surface area contributed by atoms with E-state index in [1.54, 1.807) is 18.2 Å². The zero-order valence-corrected chi connectivity index (χ0v) is 15.3. The average Bonchev–Trinajstić information content (AvgIpc) is 2.55. The van der Waals surface area contributed by atoms with Crippen molar-refractivity contribution >= 4 is 23.2 Å². The van der Waals surface area contributed by atoms with E-state index in [4.69, 9.17) is 37.4 Å². The molecule has 2 rings (SSSR count). The van der Waals surface area contributed by atoms with Gasteiger partial charge in [-0.2, -0.15) is 0 Å². The van der Waals surface area contributed by atoms with Gasteiger partial charge in [0.1, 0.15) is 19.0 Å². The monoisotopic (exact) mass is 369 g/mol. The van der Waals surface area contributed by atoms with Gasteiger partial charge in [0.15, 0.2) is 11.5 Å². The van der Waals surface area contributed by atoms with E-state index >= 15 is 0 Å². The highest BCUT2D eigenvalue weighted by molar-refractivity contribution is 6.35. The first-order valence-corrected chi connectivity index (χ1v) is 8.50. The summed E-state index contributed by atoms with van der Waals surface area (Å²) in [6.45, 7) is 4.05. The lowest BCUT2D eigenvalue weighted by Gasteiger charge is -2.14. The summed E-state index contributed by atoms with van der Waals surface area (Å²) in [5.41, 5.74) is 1.14. The molecule has 0 radical (unpaired) electrons. The van der Waals surface area contributed by atoms with Crippen molar-refractivity contribution in [1.82, 2.24) is 5.32 Å². The Balaban J connectivity index is 1.91. The van der Waals surface area contributed by atoms with E-state index in [-0.39, 0.29) is 0 Å². The van der Waals surface area contributed by atoms with Crippen LogP contribution in [0.5, 0.6) is 17.2 Å². The van der Waals surface area contributed by atoms with E-state index in [1.165, 1.54) is 0 Å². The van der Waals surface area contributed by atoms with Gasteiger partial charge in [0.05, 0.1) is 11.6 Å². The van der Waals surface area contributed by atoms with Crippen LogP contribution in [0.4, 0.5) is 0 Å². The quantitative estimate of drug-likeness (QED) is 0.657. The summed E-state index contributed by atoms with van der Waals surface area (Å²) in [4.78, 5) is 0. The Morgan fingerprint density at radius 2 is 1.58 bits per heavy atom. The number of hydrogen-bond donors (Lipinski definition) is 1. The molecule has 1 N–H and O–H groups in total. The lowest BCUT2D eigenvalue weighted by atomic mass is 10.2. The van der Waals surface area contributed by atoms with Gasteiger partial charge >= 0.3 is 0 Å². The Bertz CT molecular complexity index is 665. The van der Waals surface area contributed by atoms with Crippen molar-refractivity contribution in [3.8, 4) is 17.2 Å². The number of halogens is 2. The van der Waals surface area contributed by atoms with Crippen LogP contribution in [0.2, 0.25) is 10.0 Å². The summed E-state index contributed by atoms with van der Waals surface area (Å²) < 4.78 is 17.0. The maximum absolute atomic E-state index is 6.06.